The zero-order valence-electron chi connectivity index (χ0n) is 4.02. The van der Waals surface area contributed by atoms with E-state index in [1.54, 1.807) is 0 Å². The summed E-state index contributed by atoms with van der Waals surface area (Å²) in [5, 5.41) is 9.48. The Morgan fingerprint density at radius 2 is 2.00 bits per heavy atom. The fourth-order valence-electron chi connectivity index (χ4n) is 0. The van der Waals surface area contributed by atoms with Crippen LogP contribution in [0.4, 0.5) is 0 Å². The van der Waals surface area contributed by atoms with Crippen LogP contribution in [0.5, 0.6) is 0 Å². The standard InChI is InChI=1S/C3H6O2.Na/c1-3(4)5-2;/h4H,1H2,2H3;/q;+1/p-1. The molecule has 0 saturated carbocycles. The number of hydrogen-bond donors (Lipinski definition) is 0. The summed E-state index contributed by atoms with van der Waals surface area (Å²) in [4.78, 5) is 0. The Morgan fingerprint density at radius 1 is 1.83 bits per heavy atom. The van der Waals surface area contributed by atoms with E-state index in [9.17, 15) is 5.11 Å². The van der Waals surface area contributed by atoms with Crippen molar-refractivity contribution in [3.05, 3.63) is 12.5 Å². The van der Waals surface area contributed by atoms with Crippen molar-refractivity contribution in [2.24, 2.45) is 0 Å². The average Bonchev–Trinajstić information content (AvgIpc) is 1.38. The van der Waals surface area contributed by atoms with Crippen LogP contribution in [-0.2, 0) is 4.74 Å². The normalized spacial score (nSPS) is 5.50. The van der Waals surface area contributed by atoms with E-state index in [0.717, 1.165) is 0 Å². The van der Waals surface area contributed by atoms with Crippen molar-refractivity contribution in [3.8, 4) is 0 Å². The summed E-state index contributed by atoms with van der Waals surface area (Å²) in [5.41, 5.74) is 0. The Kier molecular flexibility index (Phi) is 8.54. The summed E-state index contributed by atoms with van der Waals surface area (Å²) in [6.45, 7) is 2.90. The van der Waals surface area contributed by atoms with E-state index in [2.05, 4.69) is 11.3 Å². The van der Waals surface area contributed by atoms with Crippen LogP contribution in [0.3, 0.4) is 0 Å². The fraction of sp³-hybridized carbons (Fsp3) is 0.333. The van der Waals surface area contributed by atoms with Crippen molar-refractivity contribution in [2.45, 2.75) is 0 Å². The van der Waals surface area contributed by atoms with Gasteiger partial charge in [-0.05, 0) is 7.11 Å². The van der Waals surface area contributed by atoms with Crippen molar-refractivity contribution in [1.29, 1.82) is 0 Å². The molecule has 3 heteroatoms. The van der Waals surface area contributed by atoms with Gasteiger partial charge < -0.3 is 9.84 Å². The maximum Gasteiger partial charge on any atom is 1.00 e. The topological polar surface area (TPSA) is 32.3 Å². The zero-order chi connectivity index (χ0) is 4.28. The maximum absolute atomic E-state index is 9.48. The third-order valence-electron chi connectivity index (χ3n) is 0.228. The monoisotopic (exact) mass is 96.0 g/mol. The molecule has 0 amide bonds. The minimum Gasteiger partial charge on any atom is -0.617 e. The predicted molar refractivity (Wildman–Crippen MR) is 16.1 cm³/mol. The van der Waals surface area contributed by atoms with Crippen molar-refractivity contribution in [3.63, 3.8) is 0 Å². The molecule has 0 saturated heterocycles. The Labute approximate surface area is 59.1 Å². The maximum atomic E-state index is 9.48. The van der Waals surface area contributed by atoms with Gasteiger partial charge in [-0.3, -0.25) is 0 Å². The molecule has 0 aromatic heterocycles. The van der Waals surface area contributed by atoms with Gasteiger partial charge in [0.25, 0.3) is 0 Å². The van der Waals surface area contributed by atoms with Gasteiger partial charge in [0, 0.05) is 5.95 Å². The van der Waals surface area contributed by atoms with Crippen LogP contribution in [0.2, 0.25) is 0 Å². The summed E-state index contributed by atoms with van der Waals surface area (Å²) in [5.74, 6) is -0.495. The quantitative estimate of drug-likeness (QED) is 0.250. The van der Waals surface area contributed by atoms with Crippen LogP contribution in [0.15, 0.2) is 12.5 Å². The van der Waals surface area contributed by atoms with E-state index in [1.807, 2.05) is 0 Å². The molecule has 2 nitrogen and oxygen atoms in total. The molecule has 0 bridgehead atoms. The van der Waals surface area contributed by atoms with Gasteiger partial charge in [0.2, 0.25) is 0 Å². The summed E-state index contributed by atoms with van der Waals surface area (Å²) in [7, 11) is 1.29. The first-order valence-electron chi connectivity index (χ1n) is 1.17. The number of hydrogen-bond acceptors (Lipinski definition) is 2. The number of ether oxygens (including phenoxy) is 1. The molecule has 0 N–H and O–H groups in total. The fourth-order valence-corrected chi connectivity index (χ4v) is 0. The van der Waals surface area contributed by atoms with Gasteiger partial charge >= 0.3 is 29.6 Å². The molecule has 0 spiro atoms. The van der Waals surface area contributed by atoms with Crippen LogP contribution in [0, 0.1) is 0 Å². The van der Waals surface area contributed by atoms with Gasteiger partial charge in [-0.25, -0.2) is 0 Å². The second kappa shape index (κ2) is 5.34. The smallest absolute Gasteiger partial charge is 0.617 e. The molecule has 0 atom stereocenters. The first kappa shape index (κ1) is 9.60. The van der Waals surface area contributed by atoms with Crippen LogP contribution >= 0.6 is 0 Å². The van der Waals surface area contributed by atoms with Gasteiger partial charge in [0.15, 0.2) is 0 Å². The number of methoxy groups -OCH3 is 1. The van der Waals surface area contributed by atoms with Crippen molar-refractivity contribution in [1.82, 2.24) is 0 Å². The van der Waals surface area contributed by atoms with E-state index < -0.39 is 5.95 Å². The molecule has 0 aliphatic heterocycles. The molecule has 0 aromatic carbocycles. The van der Waals surface area contributed by atoms with Crippen molar-refractivity contribution >= 4 is 0 Å². The van der Waals surface area contributed by atoms with Gasteiger partial charge in [-0.1, -0.05) is 6.58 Å². The first-order valence-corrected chi connectivity index (χ1v) is 1.17. The van der Waals surface area contributed by atoms with Gasteiger partial charge in [-0.15, -0.1) is 0 Å². The molecular formula is C3H5NaO2. The van der Waals surface area contributed by atoms with Crippen LogP contribution < -0.4 is 34.7 Å². The van der Waals surface area contributed by atoms with E-state index in [4.69, 9.17) is 0 Å². The molecular weight excluding hydrogens is 91.0 g/mol. The Hall–Kier alpha value is 0.340. The average molecular weight is 96.1 g/mol. The molecule has 0 radical (unpaired) electrons. The summed E-state index contributed by atoms with van der Waals surface area (Å²) in [6, 6.07) is 0. The van der Waals surface area contributed by atoms with Crippen LogP contribution in [0.25, 0.3) is 0 Å². The molecule has 0 heterocycles. The Bertz CT molecular complexity index is 44.1. The summed E-state index contributed by atoms with van der Waals surface area (Å²) >= 11 is 0. The van der Waals surface area contributed by atoms with E-state index >= 15 is 0 Å². The molecule has 6 heavy (non-hydrogen) atoms. The molecule has 0 aromatic rings. The zero-order valence-corrected chi connectivity index (χ0v) is 6.02. The minimum absolute atomic E-state index is 0. The molecule has 0 rings (SSSR count). The molecule has 30 valence electrons. The largest absolute Gasteiger partial charge is 1.00 e. The Morgan fingerprint density at radius 3 is 2.00 bits per heavy atom. The minimum atomic E-state index is -0.495. The van der Waals surface area contributed by atoms with Crippen LogP contribution in [-0.4, -0.2) is 7.11 Å². The second-order valence-corrected chi connectivity index (χ2v) is 0.576. The van der Waals surface area contributed by atoms with Gasteiger partial charge in [0.05, 0.1) is 0 Å². The molecule has 0 unspecified atom stereocenters. The third kappa shape index (κ3) is 8.84. The Balaban J connectivity index is 0. The SMILES string of the molecule is C=C([O-])OC.[Na+]. The first-order chi connectivity index (χ1) is 2.27. The van der Waals surface area contributed by atoms with Crippen LogP contribution in [0.1, 0.15) is 0 Å². The van der Waals surface area contributed by atoms with E-state index in [0.29, 0.717) is 0 Å². The molecule has 0 aliphatic rings. The number of rotatable bonds is 1. The van der Waals surface area contributed by atoms with E-state index in [-0.39, 0.29) is 29.6 Å². The summed E-state index contributed by atoms with van der Waals surface area (Å²) in [6.07, 6.45) is 0. The predicted octanol–water partition coefficient (Wildman–Crippen LogP) is -3.53. The molecule has 0 aliphatic carbocycles. The van der Waals surface area contributed by atoms with Gasteiger partial charge in [0.1, 0.15) is 0 Å². The van der Waals surface area contributed by atoms with E-state index in [1.165, 1.54) is 7.11 Å². The van der Waals surface area contributed by atoms with Crippen molar-refractivity contribution < 1.29 is 39.4 Å². The third-order valence-corrected chi connectivity index (χ3v) is 0.228. The summed E-state index contributed by atoms with van der Waals surface area (Å²) < 4.78 is 4.00. The molecule has 0 fully saturated rings. The van der Waals surface area contributed by atoms with Gasteiger partial charge in [-0.2, -0.15) is 0 Å². The van der Waals surface area contributed by atoms with Crippen molar-refractivity contribution in [2.75, 3.05) is 7.11 Å². The second-order valence-electron chi connectivity index (χ2n) is 0.576.